The average molecular weight is 308 g/mol. The van der Waals surface area contributed by atoms with Crippen LogP contribution in [0.1, 0.15) is 27.7 Å². The first kappa shape index (κ1) is 17.6. The minimum atomic E-state index is -2.98. The summed E-state index contributed by atoms with van der Waals surface area (Å²) in [6.45, 7) is 4.61. The second-order valence-corrected chi connectivity index (χ2v) is 9.18. The molecule has 1 saturated heterocycles. The van der Waals surface area contributed by atoms with Crippen LogP contribution in [0.2, 0.25) is 0 Å². The molecule has 110 valence electrons. The highest BCUT2D eigenvalue weighted by Gasteiger charge is 2.44. The second kappa shape index (κ2) is 6.99. The highest BCUT2D eigenvalue weighted by molar-refractivity contribution is 8.09. The Labute approximate surface area is 121 Å². The van der Waals surface area contributed by atoms with Crippen molar-refractivity contribution >= 4 is 26.1 Å². The van der Waals surface area contributed by atoms with Crippen LogP contribution in [-0.2, 0) is 25.8 Å². The van der Waals surface area contributed by atoms with Crippen molar-refractivity contribution in [2.75, 3.05) is 6.61 Å². The maximum absolute atomic E-state index is 10.1. The maximum atomic E-state index is 10.1. The lowest BCUT2D eigenvalue weighted by atomic mass is 9.93. The molecule has 8 heteroatoms. The Morgan fingerprint density at radius 3 is 2.42 bits per heavy atom. The van der Waals surface area contributed by atoms with E-state index in [0.29, 0.717) is 0 Å². The van der Waals surface area contributed by atoms with Gasteiger partial charge in [0.1, 0.15) is 26.2 Å². The molecule has 0 aromatic carbocycles. The van der Waals surface area contributed by atoms with Crippen LogP contribution in [0.3, 0.4) is 0 Å². The Morgan fingerprint density at radius 1 is 1.37 bits per heavy atom. The summed E-state index contributed by atoms with van der Waals surface area (Å²) in [7, 11) is 5.65. The zero-order chi connectivity index (χ0) is 14.8. The highest BCUT2D eigenvalue weighted by atomic mass is 32.5. The first-order chi connectivity index (χ1) is 8.65. The van der Waals surface area contributed by atoms with E-state index in [0.717, 1.165) is 0 Å². The quantitative estimate of drug-likeness (QED) is 0.558. The van der Waals surface area contributed by atoms with Gasteiger partial charge in [-0.05, 0) is 25.7 Å². The van der Waals surface area contributed by atoms with Gasteiger partial charge >= 0.3 is 0 Å². The highest BCUT2D eigenvalue weighted by Crippen LogP contribution is 2.50. The smallest absolute Gasteiger partial charge is 0.189 e. The molecule has 1 heterocycles. The molecule has 5 atom stereocenters. The predicted octanol–water partition coefficient (Wildman–Crippen LogP) is 0.761. The van der Waals surface area contributed by atoms with Crippen LogP contribution >= 0.6 is 6.49 Å². The van der Waals surface area contributed by atoms with Gasteiger partial charge < -0.3 is 24.0 Å². The normalized spacial score (nSPS) is 34.9. The predicted molar refractivity (Wildman–Crippen MR) is 78.0 cm³/mol. The molecule has 2 N–H and O–H groups in total. The van der Waals surface area contributed by atoms with E-state index in [-0.39, 0.29) is 18.4 Å². The minimum absolute atomic E-state index is 0.0282. The monoisotopic (exact) mass is 308 g/mol. The Balaban J connectivity index is 2.72. The molecule has 1 aliphatic heterocycles. The van der Waals surface area contributed by atoms with Gasteiger partial charge in [0.25, 0.3) is 0 Å². The first-order valence-electron chi connectivity index (χ1n) is 6.36. The average Bonchev–Trinajstić information content (AvgIpc) is 2.53. The van der Waals surface area contributed by atoms with Crippen LogP contribution in [-0.4, -0.2) is 60.5 Å². The standard InChI is InChI=1S/C11H22BO5PS/c1-6(2)15-5-8-10(9(13)11(12)16-8)17-18(14,19)7(3)4/h6-11,13H,5H2,1-4H3,(H,14,19)/t8-,9-,10+,11-,18?/m1/s1. The van der Waals surface area contributed by atoms with Crippen molar-refractivity contribution < 1.29 is 24.0 Å². The van der Waals surface area contributed by atoms with Gasteiger partial charge in [0.15, 0.2) is 6.49 Å². The molecular formula is C11H22BO5PS. The van der Waals surface area contributed by atoms with E-state index in [9.17, 15) is 10.00 Å². The zero-order valence-corrected chi connectivity index (χ0v) is 13.4. The number of hydrogen-bond acceptors (Lipinski definition) is 5. The fourth-order valence-corrected chi connectivity index (χ4v) is 2.77. The molecule has 0 bridgehead atoms. The van der Waals surface area contributed by atoms with Crippen LogP contribution in [0, 0.1) is 0 Å². The summed E-state index contributed by atoms with van der Waals surface area (Å²) in [5, 5.41) is 9.97. The largest absolute Gasteiger partial charge is 0.388 e. The summed E-state index contributed by atoms with van der Waals surface area (Å²) in [4.78, 5) is 10.1. The molecule has 2 radical (unpaired) electrons. The molecule has 0 saturated carbocycles. The molecule has 5 nitrogen and oxygen atoms in total. The Kier molecular flexibility index (Phi) is 6.46. The number of hydrogen-bond donors (Lipinski definition) is 2. The van der Waals surface area contributed by atoms with Gasteiger partial charge in [-0.25, -0.2) is 0 Å². The topological polar surface area (TPSA) is 68.2 Å². The van der Waals surface area contributed by atoms with Gasteiger partial charge in [-0.3, -0.25) is 0 Å². The molecule has 0 spiro atoms. The van der Waals surface area contributed by atoms with E-state index in [1.54, 1.807) is 13.8 Å². The summed E-state index contributed by atoms with van der Waals surface area (Å²) in [6, 6.07) is -0.854. The molecule has 1 fully saturated rings. The zero-order valence-electron chi connectivity index (χ0n) is 11.7. The van der Waals surface area contributed by atoms with Crippen LogP contribution < -0.4 is 0 Å². The van der Waals surface area contributed by atoms with Gasteiger partial charge in [0.05, 0.1) is 12.7 Å². The van der Waals surface area contributed by atoms with Crippen molar-refractivity contribution in [3.05, 3.63) is 0 Å². The minimum Gasteiger partial charge on any atom is -0.388 e. The Hall–Kier alpha value is 0.515. The van der Waals surface area contributed by atoms with Gasteiger partial charge in [-0.15, -0.1) is 0 Å². The molecule has 0 aromatic heterocycles. The van der Waals surface area contributed by atoms with Gasteiger partial charge in [-0.1, -0.05) is 13.8 Å². The first-order valence-corrected chi connectivity index (χ1v) is 9.11. The van der Waals surface area contributed by atoms with E-state index >= 15 is 0 Å². The lowest BCUT2D eigenvalue weighted by Gasteiger charge is -2.28. The molecule has 1 unspecified atom stereocenters. The molecule has 0 aromatic rings. The summed E-state index contributed by atoms with van der Waals surface area (Å²) in [5.41, 5.74) is -0.196. The number of aliphatic hydroxyl groups is 1. The van der Waals surface area contributed by atoms with Gasteiger partial charge in [-0.2, -0.15) is 0 Å². The lowest BCUT2D eigenvalue weighted by molar-refractivity contribution is -0.0426. The third-order valence-corrected chi connectivity index (χ3v) is 6.26. The van der Waals surface area contributed by atoms with Crippen LogP contribution in [0.25, 0.3) is 0 Å². The van der Waals surface area contributed by atoms with Crippen LogP contribution in [0.5, 0.6) is 0 Å². The fraction of sp³-hybridized carbons (Fsp3) is 1.00. The molecule has 1 aliphatic rings. The van der Waals surface area contributed by atoms with Crippen molar-refractivity contribution in [3.8, 4) is 0 Å². The number of ether oxygens (including phenoxy) is 2. The number of aliphatic hydroxyl groups excluding tert-OH is 1. The second-order valence-electron chi connectivity index (χ2n) is 5.24. The Morgan fingerprint density at radius 2 is 1.95 bits per heavy atom. The molecular weight excluding hydrogens is 286 g/mol. The Bertz CT molecular complexity index is 341. The molecule has 1 rings (SSSR count). The van der Waals surface area contributed by atoms with Crippen molar-refractivity contribution in [2.45, 2.75) is 63.8 Å². The maximum Gasteiger partial charge on any atom is 0.189 e. The van der Waals surface area contributed by atoms with E-state index in [2.05, 4.69) is 0 Å². The van der Waals surface area contributed by atoms with E-state index in [1.807, 2.05) is 13.8 Å². The van der Waals surface area contributed by atoms with E-state index < -0.39 is 30.8 Å². The van der Waals surface area contributed by atoms with Crippen molar-refractivity contribution in [1.82, 2.24) is 0 Å². The van der Waals surface area contributed by atoms with E-state index in [1.165, 1.54) is 0 Å². The number of rotatable bonds is 6. The summed E-state index contributed by atoms with van der Waals surface area (Å²) >= 11 is 5.08. The molecule has 0 aliphatic carbocycles. The summed E-state index contributed by atoms with van der Waals surface area (Å²) < 4.78 is 16.4. The van der Waals surface area contributed by atoms with Crippen molar-refractivity contribution in [1.29, 1.82) is 0 Å². The SMILES string of the molecule is [B][C@@H]1O[C@H](COC(C)C)[C@H](OP(O)(=S)C(C)C)[C@H]1O. The van der Waals surface area contributed by atoms with E-state index in [4.69, 9.17) is 33.7 Å². The third kappa shape index (κ3) is 4.78. The summed E-state index contributed by atoms with van der Waals surface area (Å²) in [5.74, 6) is 0. The van der Waals surface area contributed by atoms with Crippen LogP contribution in [0.15, 0.2) is 0 Å². The molecule has 0 amide bonds. The van der Waals surface area contributed by atoms with Gasteiger partial charge in [0.2, 0.25) is 0 Å². The van der Waals surface area contributed by atoms with Gasteiger partial charge in [0, 0.05) is 11.7 Å². The van der Waals surface area contributed by atoms with Crippen molar-refractivity contribution in [3.63, 3.8) is 0 Å². The lowest BCUT2D eigenvalue weighted by Crippen LogP contribution is -2.37. The van der Waals surface area contributed by atoms with Crippen LogP contribution in [0.4, 0.5) is 0 Å². The summed E-state index contributed by atoms with van der Waals surface area (Å²) in [6.07, 6.45) is -2.28. The molecule has 19 heavy (non-hydrogen) atoms. The third-order valence-electron chi connectivity index (χ3n) is 2.89. The van der Waals surface area contributed by atoms with Crippen molar-refractivity contribution in [2.24, 2.45) is 0 Å². The fourth-order valence-electron chi connectivity index (χ4n) is 1.61.